The van der Waals surface area contributed by atoms with Gasteiger partial charge in [0, 0.05) is 6.54 Å². The third kappa shape index (κ3) is 5.67. The van der Waals surface area contributed by atoms with Crippen molar-refractivity contribution in [2.45, 2.75) is 27.2 Å². The van der Waals surface area contributed by atoms with Crippen LogP contribution >= 0.6 is 0 Å². The molecule has 0 aliphatic carbocycles. The second kappa shape index (κ2) is 4.82. The Balaban J connectivity index is 2.93. The molecule has 0 N–H and O–H groups in total. The molecule has 8 heavy (non-hydrogen) atoms. The Hall–Kier alpha value is -0.330. The highest BCUT2D eigenvalue weighted by molar-refractivity contribution is 5.53. The molecule has 0 aromatic carbocycles. The van der Waals surface area contributed by atoms with E-state index < -0.39 is 0 Å². The summed E-state index contributed by atoms with van der Waals surface area (Å²) in [6, 6.07) is 0. The third-order valence-corrected chi connectivity index (χ3v) is 1.02. The van der Waals surface area contributed by atoms with Crippen molar-refractivity contribution in [3.8, 4) is 0 Å². The summed E-state index contributed by atoms with van der Waals surface area (Å²) in [7, 11) is 0. The van der Waals surface area contributed by atoms with Crippen LogP contribution in [0, 0.1) is 5.92 Å². The summed E-state index contributed by atoms with van der Waals surface area (Å²) < 4.78 is 0. The van der Waals surface area contributed by atoms with Crippen LogP contribution in [0.1, 0.15) is 27.2 Å². The van der Waals surface area contributed by atoms with E-state index in [0.717, 1.165) is 12.5 Å². The van der Waals surface area contributed by atoms with Crippen molar-refractivity contribution in [1.82, 2.24) is 0 Å². The molecule has 0 aromatic rings. The maximum Gasteiger partial charge on any atom is 0.0387 e. The summed E-state index contributed by atoms with van der Waals surface area (Å²) in [5, 5.41) is 0. The van der Waals surface area contributed by atoms with Gasteiger partial charge in [-0.05, 0) is 25.5 Å². The van der Waals surface area contributed by atoms with E-state index in [9.17, 15) is 0 Å². The van der Waals surface area contributed by atoms with E-state index in [-0.39, 0.29) is 0 Å². The molecule has 0 rings (SSSR count). The Bertz CT molecular complexity index is 64.8. The van der Waals surface area contributed by atoms with Crippen LogP contribution in [0.5, 0.6) is 0 Å². The number of rotatable bonds is 3. The van der Waals surface area contributed by atoms with Gasteiger partial charge in [0.05, 0.1) is 0 Å². The molecule has 0 fully saturated rings. The minimum absolute atomic E-state index is 0.790. The van der Waals surface area contributed by atoms with Crippen LogP contribution in [0.3, 0.4) is 0 Å². The van der Waals surface area contributed by atoms with Gasteiger partial charge in [0.2, 0.25) is 0 Å². The lowest BCUT2D eigenvalue weighted by molar-refractivity contribution is 0.597. The predicted octanol–water partition coefficient (Wildman–Crippen LogP) is 2.12. The van der Waals surface area contributed by atoms with E-state index in [1.165, 1.54) is 6.42 Å². The molecule has 0 atom stereocenters. The fraction of sp³-hybridized carbons (Fsp3) is 0.857. The molecule has 48 valence electrons. The van der Waals surface area contributed by atoms with Crippen molar-refractivity contribution in [2.24, 2.45) is 10.9 Å². The fourth-order valence-corrected chi connectivity index (χ4v) is 0.462. The van der Waals surface area contributed by atoms with E-state index in [0.29, 0.717) is 0 Å². The lowest BCUT2D eigenvalue weighted by Crippen LogP contribution is -1.89. The Labute approximate surface area is 51.8 Å². The van der Waals surface area contributed by atoms with Crippen LogP contribution in [0.15, 0.2) is 4.99 Å². The summed E-state index contributed by atoms with van der Waals surface area (Å²) >= 11 is 0. The monoisotopic (exact) mass is 113 g/mol. The first kappa shape index (κ1) is 7.67. The topological polar surface area (TPSA) is 12.4 Å². The van der Waals surface area contributed by atoms with Gasteiger partial charge in [-0.1, -0.05) is 13.8 Å². The first-order valence-corrected chi connectivity index (χ1v) is 3.21. The molecule has 0 unspecified atom stereocenters. The minimum Gasteiger partial charge on any atom is -0.298 e. The molecular weight excluding hydrogens is 98.1 g/mol. The lowest BCUT2D eigenvalue weighted by atomic mass is 10.1. The fourth-order valence-electron chi connectivity index (χ4n) is 0.462. The predicted molar refractivity (Wildman–Crippen MR) is 38.5 cm³/mol. The maximum absolute atomic E-state index is 4.09. The molecule has 1 nitrogen and oxygen atoms in total. The molecule has 0 aromatic heterocycles. The molecule has 0 spiro atoms. The van der Waals surface area contributed by atoms with Gasteiger partial charge >= 0.3 is 0 Å². The van der Waals surface area contributed by atoms with Gasteiger partial charge in [-0.15, -0.1) is 0 Å². The van der Waals surface area contributed by atoms with Gasteiger partial charge < -0.3 is 0 Å². The van der Waals surface area contributed by atoms with E-state index in [1.54, 1.807) is 0 Å². The Kier molecular flexibility index (Phi) is 4.62. The van der Waals surface area contributed by atoms with Crippen LogP contribution < -0.4 is 0 Å². The van der Waals surface area contributed by atoms with Crippen LogP contribution in [-0.2, 0) is 0 Å². The Morgan fingerprint density at radius 3 is 2.50 bits per heavy atom. The third-order valence-electron chi connectivity index (χ3n) is 1.02. The molecule has 0 heterocycles. The number of hydrogen-bond acceptors (Lipinski definition) is 1. The van der Waals surface area contributed by atoms with Gasteiger partial charge in [0.25, 0.3) is 0 Å². The number of aliphatic imine (C=N–C) groups is 1. The SMILES string of the molecule is CC=NCCC(C)C. The molecular formula is C7H15N. The summed E-state index contributed by atoms with van der Waals surface area (Å²) in [5.41, 5.74) is 0. The van der Waals surface area contributed by atoms with Crippen molar-refractivity contribution in [1.29, 1.82) is 0 Å². The number of nitrogens with zero attached hydrogens (tertiary/aromatic N) is 1. The molecule has 0 amide bonds. The van der Waals surface area contributed by atoms with Crippen LogP contribution in [0.4, 0.5) is 0 Å². The molecule has 1 heteroatoms. The summed E-state index contributed by atoms with van der Waals surface area (Å²) in [6.45, 7) is 7.38. The number of hydrogen-bond donors (Lipinski definition) is 0. The van der Waals surface area contributed by atoms with Crippen molar-refractivity contribution in [3.05, 3.63) is 0 Å². The second-order valence-corrected chi connectivity index (χ2v) is 2.35. The van der Waals surface area contributed by atoms with Gasteiger partial charge in [0.1, 0.15) is 0 Å². The Morgan fingerprint density at radius 1 is 1.50 bits per heavy atom. The zero-order valence-corrected chi connectivity index (χ0v) is 6.02. The van der Waals surface area contributed by atoms with Crippen LogP contribution in [0.2, 0.25) is 0 Å². The first-order valence-electron chi connectivity index (χ1n) is 3.21. The molecule has 0 aliphatic rings. The molecule has 0 aliphatic heterocycles. The smallest absolute Gasteiger partial charge is 0.0387 e. The maximum atomic E-state index is 4.09. The zero-order valence-electron chi connectivity index (χ0n) is 6.02. The van der Waals surface area contributed by atoms with Crippen molar-refractivity contribution in [3.63, 3.8) is 0 Å². The first-order chi connectivity index (χ1) is 3.77. The summed E-state index contributed by atoms with van der Waals surface area (Å²) in [6.07, 6.45) is 3.08. The normalized spacial score (nSPS) is 11.5. The van der Waals surface area contributed by atoms with E-state index in [1.807, 2.05) is 13.1 Å². The van der Waals surface area contributed by atoms with Gasteiger partial charge in [-0.2, -0.15) is 0 Å². The van der Waals surface area contributed by atoms with E-state index in [4.69, 9.17) is 0 Å². The van der Waals surface area contributed by atoms with Crippen LogP contribution in [0.25, 0.3) is 0 Å². The standard InChI is InChI=1S/C7H15N/c1-4-8-6-5-7(2)3/h4,7H,5-6H2,1-3H3. The summed E-state index contributed by atoms with van der Waals surface area (Å²) in [4.78, 5) is 4.09. The van der Waals surface area contributed by atoms with Gasteiger partial charge in [0.15, 0.2) is 0 Å². The van der Waals surface area contributed by atoms with Crippen molar-refractivity contribution in [2.75, 3.05) is 6.54 Å². The highest BCUT2D eigenvalue weighted by Gasteiger charge is 1.88. The largest absolute Gasteiger partial charge is 0.298 e. The lowest BCUT2D eigenvalue weighted by Gasteiger charge is -1.97. The van der Waals surface area contributed by atoms with Gasteiger partial charge in [-0.25, -0.2) is 0 Å². The molecule has 0 saturated heterocycles. The van der Waals surface area contributed by atoms with Crippen molar-refractivity contribution >= 4 is 6.21 Å². The highest BCUT2D eigenvalue weighted by atomic mass is 14.7. The molecule has 0 bridgehead atoms. The molecule has 0 radical (unpaired) electrons. The minimum atomic E-state index is 0.790. The average Bonchev–Trinajstić information content (AvgIpc) is 1.66. The highest BCUT2D eigenvalue weighted by Crippen LogP contribution is 1.97. The Morgan fingerprint density at radius 2 is 2.12 bits per heavy atom. The molecule has 0 saturated carbocycles. The van der Waals surface area contributed by atoms with E-state index in [2.05, 4.69) is 18.8 Å². The van der Waals surface area contributed by atoms with E-state index >= 15 is 0 Å². The summed E-state index contributed by atoms with van der Waals surface area (Å²) in [5.74, 6) is 0.790. The average molecular weight is 113 g/mol. The second-order valence-electron chi connectivity index (χ2n) is 2.35. The zero-order chi connectivity index (χ0) is 6.41. The quantitative estimate of drug-likeness (QED) is 0.497. The van der Waals surface area contributed by atoms with Gasteiger partial charge in [-0.3, -0.25) is 4.99 Å². The van der Waals surface area contributed by atoms with Crippen LogP contribution in [-0.4, -0.2) is 12.8 Å². The van der Waals surface area contributed by atoms with Crippen molar-refractivity contribution < 1.29 is 0 Å².